The summed E-state index contributed by atoms with van der Waals surface area (Å²) in [5.41, 5.74) is 0.795. The van der Waals surface area contributed by atoms with Crippen LogP contribution in [-0.4, -0.2) is 42.2 Å². The average Bonchev–Trinajstić information content (AvgIpc) is 2.88. The van der Waals surface area contributed by atoms with Crippen molar-refractivity contribution in [3.63, 3.8) is 0 Å². The lowest BCUT2D eigenvalue weighted by Gasteiger charge is -2.34. The van der Waals surface area contributed by atoms with Gasteiger partial charge in [-0.05, 0) is 35.4 Å². The summed E-state index contributed by atoms with van der Waals surface area (Å²) in [6.45, 7) is 0. The van der Waals surface area contributed by atoms with Crippen molar-refractivity contribution >= 4 is 11.6 Å². The van der Waals surface area contributed by atoms with E-state index in [2.05, 4.69) is 0 Å². The normalized spacial score (nSPS) is 19.8. The van der Waals surface area contributed by atoms with Crippen molar-refractivity contribution in [3.05, 3.63) is 94.5 Å². The lowest BCUT2D eigenvalue weighted by Crippen LogP contribution is -2.30. The Morgan fingerprint density at radius 1 is 0.600 bits per heavy atom. The summed E-state index contributed by atoms with van der Waals surface area (Å²) in [6, 6.07) is 14.8. The van der Waals surface area contributed by atoms with E-state index in [9.17, 15) is 40.2 Å². The predicted octanol–water partition coefficient (Wildman–Crippen LogP) is 4.73. The van der Waals surface area contributed by atoms with Crippen LogP contribution < -0.4 is 9.47 Å². The number of carbonyl (C=O) groups excluding carboxylic acids is 2. The third-order valence-electron chi connectivity index (χ3n) is 7.12. The van der Waals surface area contributed by atoms with Gasteiger partial charge in [0.15, 0.2) is 11.6 Å². The number of benzene rings is 4. The molecule has 0 aromatic heterocycles. The molecular formula is C30H22O10. The molecule has 0 saturated heterocycles. The summed E-state index contributed by atoms with van der Waals surface area (Å²) in [4.78, 5) is 26.8. The number of fused-ring (bicyclic) bond motifs is 2. The molecule has 6 N–H and O–H groups in total. The van der Waals surface area contributed by atoms with E-state index in [0.717, 1.165) is 12.1 Å². The van der Waals surface area contributed by atoms with E-state index in [0.29, 0.717) is 11.1 Å². The highest BCUT2D eigenvalue weighted by molar-refractivity contribution is 6.07. The molecule has 3 unspecified atom stereocenters. The number of rotatable bonds is 3. The molecule has 10 heteroatoms. The maximum atomic E-state index is 13.9. The molecule has 2 aliphatic heterocycles. The number of phenols is 6. The number of ketones is 2. The van der Waals surface area contributed by atoms with Gasteiger partial charge in [0.1, 0.15) is 69.3 Å². The highest BCUT2D eigenvalue weighted by Crippen LogP contribution is 2.50. The van der Waals surface area contributed by atoms with E-state index in [1.54, 1.807) is 12.1 Å². The largest absolute Gasteiger partial charge is 0.508 e. The van der Waals surface area contributed by atoms with E-state index in [-0.39, 0.29) is 57.6 Å². The van der Waals surface area contributed by atoms with Crippen LogP contribution in [-0.2, 0) is 0 Å². The van der Waals surface area contributed by atoms with E-state index in [4.69, 9.17) is 9.47 Å². The molecule has 0 saturated carbocycles. The number of carbonyl (C=O) groups is 2. The van der Waals surface area contributed by atoms with E-state index < -0.39 is 41.2 Å². The minimum atomic E-state index is -1.19. The van der Waals surface area contributed by atoms with Crippen LogP contribution in [0.5, 0.6) is 46.0 Å². The predicted molar refractivity (Wildman–Crippen MR) is 139 cm³/mol. The zero-order valence-electron chi connectivity index (χ0n) is 20.6. The van der Waals surface area contributed by atoms with Crippen LogP contribution in [0, 0.1) is 0 Å². The van der Waals surface area contributed by atoms with Crippen LogP contribution in [0.25, 0.3) is 0 Å². The molecule has 2 heterocycles. The number of hydrogen-bond acceptors (Lipinski definition) is 10. The van der Waals surface area contributed by atoms with Gasteiger partial charge in [-0.15, -0.1) is 0 Å². The average molecular weight is 542 g/mol. The topological polar surface area (TPSA) is 174 Å². The number of hydrogen-bond donors (Lipinski definition) is 6. The van der Waals surface area contributed by atoms with Crippen molar-refractivity contribution in [1.29, 1.82) is 0 Å². The smallest absolute Gasteiger partial charge is 0.182 e. The van der Waals surface area contributed by atoms with Gasteiger partial charge in [-0.3, -0.25) is 9.59 Å². The van der Waals surface area contributed by atoms with Crippen molar-refractivity contribution in [3.8, 4) is 46.0 Å². The standard InChI is InChI=1S/C30H22O10/c31-15-4-1-13(2-5-15)30-26(29(38)28-21(36)9-17(33)11-25(28)40-30)18-7-14(3-6-19(18)34)23-12-22(37)27-20(35)8-16(32)10-24(27)39-23/h1-11,23,26,30-36H,12H2. The molecule has 3 atom stereocenters. The first kappa shape index (κ1) is 24.9. The van der Waals surface area contributed by atoms with E-state index >= 15 is 0 Å². The third kappa shape index (κ3) is 4.06. The van der Waals surface area contributed by atoms with Crippen LogP contribution in [0.3, 0.4) is 0 Å². The number of aromatic hydroxyl groups is 6. The molecular weight excluding hydrogens is 520 g/mol. The Bertz CT molecular complexity index is 1690. The van der Waals surface area contributed by atoms with Gasteiger partial charge in [0.2, 0.25) is 0 Å². The molecule has 0 bridgehead atoms. The summed E-state index contributed by atoms with van der Waals surface area (Å²) in [5.74, 6) is -4.04. The second-order valence-corrected chi connectivity index (χ2v) is 9.70. The first-order valence-electron chi connectivity index (χ1n) is 12.2. The van der Waals surface area contributed by atoms with Crippen LogP contribution in [0.2, 0.25) is 0 Å². The summed E-state index contributed by atoms with van der Waals surface area (Å²) in [6.07, 6.45) is -2.06. The summed E-state index contributed by atoms with van der Waals surface area (Å²) in [7, 11) is 0. The van der Waals surface area contributed by atoms with Crippen molar-refractivity contribution in [1.82, 2.24) is 0 Å². The fourth-order valence-corrected chi connectivity index (χ4v) is 5.29. The quantitative estimate of drug-likeness (QED) is 0.212. The number of ether oxygens (including phenoxy) is 2. The molecule has 4 aromatic rings. The molecule has 0 fully saturated rings. The second-order valence-electron chi connectivity index (χ2n) is 9.70. The zero-order valence-corrected chi connectivity index (χ0v) is 20.6. The Hall–Kier alpha value is -5.38. The molecule has 4 aromatic carbocycles. The Morgan fingerprint density at radius 2 is 1.20 bits per heavy atom. The fraction of sp³-hybridized carbons (Fsp3) is 0.133. The molecule has 2 aliphatic rings. The summed E-state index contributed by atoms with van der Waals surface area (Å²) in [5, 5.41) is 61.2. The fourth-order valence-electron chi connectivity index (χ4n) is 5.29. The minimum absolute atomic E-state index is 0.00826. The van der Waals surface area contributed by atoms with Crippen LogP contribution in [0.4, 0.5) is 0 Å². The van der Waals surface area contributed by atoms with Gasteiger partial charge in [0, 0.05) is 29.8 Å². The van der Waals surface area contributed by atoms with Gasteiger partial charge in [-0.25, -0.2) is 0 Å². The summed E-state index contributed by atoms with van der Waals surface area (Å²) >= 11 is 0. The maximum absolute atomic E-state index is 13.9. The van der Waals surface area contributed by atoms with Gasteiger partial charge in [0.25, 0.3) is 0 Å². The van der Waals surface area contributed by atoms with Gasteiger partial charge >= 0.3 is 0 Å². The lowest BCUT2D eigenvalue weighted by atomic mass is 9.79. The van der Waals surface area contributed by atoms with Gasteiger partial charge < -0.3 is 40.1 Å². The molecule has 6 rings (SSSR count). The first-order valence-corrected chi connectivity index (χ1v) is 12.2. The van der Waals surface area contributed by atoms with Crippen molar-refractivity contribution in [2.75, 3.05) is 0 Å². The molecule has 10 nitrogen and oxygen atoms in total. The SMILES string of the molecule is O=C1CC(c2ccc(O)c(C3C(=O)c4c(O)cc(O)cc4OC3c3ccc(O)cc3)c2)Oc2cc(O)cc(O)c21. The summed E-state index contributed by atoms with van der Waals surface area (Å²) < 4.78 is 12.1. The van der Waals surface area contributed by atoms with Crippen LogP contribution in [0.1, 0.15) is 62.0 Å². The monoisotopic (exact) mass is 542 g/mol. The minimum Gasteiger partial charge on any atom is -0.508 e. The first-order chi connectivity index (χ1) is 19.1. The highest BCUT2D eigenvalue weighted by atomic mass is 16.5. The van der Waals surface area contributed by atoms with E-state index in [1.807, 2.05) is 0 Å². The highest BCUT2D eigenvalue weighted by Gasteiger charge is 2.43. The van der Waals surface area contributed by atoms with Crippen molar-refractivity contribution in [2.24, 2.45) is 0 Å². The third-order valence-corrected chi connectivity index (χ3v) is 7.12. The van der Waals surface area contributed by atoms with E-state index in [1.165, 1.54) is 42.5 Å². The van der Waals surface area contributed by atoms with Crippen LogP contribution in [0.15, 0.2) is 66.7 Å². The van der Waals surface area contributed by atoms with Gasteiger partial charge in [0.05, 0.1) is 12.3 Å². The molecule has 0 aliphatic carbocycles. The Labute approximate surface area is 226 Å². The Kier molecular flexibility index (Phi) is 5.69. The second kappa shape index (κ2) is 9.12. The zero-order chi connectivity index (χ0) is 28.3. The van der Waals surface area contributed by atoms with Crippen LogP contribution >= 0.6 is 0 Å². The van der Waals surface area contributed by atoms with Crippen molar-refractivity contribution in [2.45, 2.75) is 24.5 Å². The van der Waals surface area contributed by atoms with Gasteiger partial charge in [-0.1, -0.05) is 18.2 Å². The molecule has 0 amide bonds. The number of phenolic OH excluding ortho intramolecular Hbond substituents is 6. The molecule has 0 spiro atoms. The van der Waals surface area contributed by atoms with Crippen molar-refractivity contribution < 1.29 is 49.7 Å². The number of Topliss-reactive ketones (excluding diaryl/α,β-unsaturated/α-hetero) is 2. The molecule has 40 heavy (non-hydrogen) atoms. The maximum Gasteiger partial charge on any atom is 0.182 e. The van der Waals surface area contributed by atoms with Gasteiger partial charge in [-0.2, -0.15) is 0 Å². The Morgan fingerprint density at radius 3 is 1.88 bits per heavy atom. The molecule has 0 radical (unpaired) electrons. The lowest BCUT2D eigenvalue weighted by molar-refractivity contribution is 0.0767. The molecule has 202 valence electrons. The Balaban J connectivity index is 1.46.